The van der Waals surface area contributed by atoms with Gasteiger partial charge in [0.1, 0.15) is 0 Å². The average Bonchev–Trinajstić information content (AvgIpc) is 1.95. The molecule has 0 aliphatic rings. The smallest absolute Gasteiger partial charge is 0.222 e. The number of hydrogen-bond acceptors (Lipinski definition) is 4. The van der Waals surface area contributed by atoms with Crippen LogP contribution in [0.15, 0.2) is 0 Å². The molecule has 1 nitrogen and oxygen atoms in total. The van der Waals surface area contributed by atoms with Gasteiger partial charge in [0.05, 0.1) is 43.1 Å². The van der Waals surface area contributed by atoms with E-state index in [0.29, 0.717) is 0 Å². The Morgan fingerprint density at radius 3 is 1.44 bits per heavy atom. The Balaban J connectivity index is 3.82. The Bertz CT molecular complexity index is 59.9. The van der Waals surface area contributed by atoms with E-state index in [4.69, 9.17) is 5.11 Å². The van der Waals surface area contributed by atoms with Crippen molar-refractivity contribution in [1.82, 2.24) is 0 Å². The Morgan fingerprint density at radius 1 is 1.11 bits per heavy atom. The molecule has 0 aromatic carbocycles. The molecule has 0 spiro atoms. The largest absolute Gasteiger partial charge is 0.393 e. The van der Waals surface area contributed by atoms with E-state index in [1.807, 2.05) is 0 Å². The van der Waals surface area contributed by atoms with Crippen molar-refractivity contribution in [3.05, 3.63) is 0 Å². The number of halogens is 3. The second-order valence-corrected chi connectivity index (χ2v) is 4.40. The molecule has 0 amide bonds. The van der Waals surface area contributed by atoms with Crippen molar-refractivity contribution in [3.63, 3.8) is 0 Å². The molecule has 0 aromatic rings. The fourth-order valence-electron chi connectivity index (χ4n) is 0.109. The van der Waals surface area contributed by atoms with Crippen LogP contribution in [-0.2, 0) is 0 Å². The lowest BCUT2D eigenvalue weighted by molar-refractivity contribution is 0.306. The van der Waals surface area contributed by atoms with Crippen LogP contribution in [0, 0.1) is 0 Å². The van der Waals surface area contributed by atoms with Crippen molar-refractivity contribution in [2.24, 2.45) is 0 Å². The standard InChI is InChI=1S/C2H3F3OS3/c3-7-2(1-6,8-4)9-5/h6H,1H2. The first-order chi connectivity index (χ1) is 4.24. The van der Waals surface area contributed by atoms with Gasteiger partial charge in [-0.25, -0.2) is 0 Å². The zero-order chi connectivity index (χ0) is 7.33. The van der Waals surface area contributed by atoms with Crippen LogP contribution in [0.5, 0.6) is 0 Å². The second kappa shape index (κ2) is 4.59. The van der Waals surface area contributed by atoms with Gasteiger partial charge >= 0.3 is 0 Å². The molecule has 0 atom stereocenters. The van der Waals surface area contributed by atoms with Gasteiger partial charge in [-0.05, 0) is 0 Å². The summed E-state index contributed by atoms with van der Waals surface area (Å²) in [4.78, 5) is 0. The Morgan fingerprint density at radius 2 is 1.44 bits per heavy atom. The van der Waals surface area contributed by atoms with E-state index in [2.05, 4.69) is 0 Å². The third kappa shape index (κ3) is 2.48. The third-order valence-electron chi connectivity index (χ3n) is 0.546. The second-order valence-electron chi connectivity index (χ2n) is 1.07. The zero-order valence-corrected chi connectivity index (χ0v) is 6.46. The average molecular weight is 196 g/mol. The van der Waals surface area contributed by atoms with Gasteiger partial charge in [-0.15, -0.1) is 0 Å². The van der Waals surface area contributed by atoms with E-state index in [1.54, 1.807) is 0 Å². The van der Waals surface area contributed by atoms with E-state index in [-0.39, 0.29) is 0 Å². The summed E-state index contributed by atoms with van der Waals surface area (Å²) < 4.78 is 32.6. The highest BCUT2D eigenvalue weighted by molar-refractivity contribution is 8.29. The van der Waals surface area contributed by atoms with E-state index < -0.39 is 46.5 Å². The zero-order valence-electron chi connectivity index (χ0n) is 4.01. The lowest BCUT2D eigenvalue weighted by Crippen LogP contribution is -2.15. The van der Waals surface area contributed by atoms with Crippen molar-refractivity contribution in [3.8, 4) is 0 Å². The Hall–Kier alpha value is 0.800. The summed E-state index contributed by atoms with van der Waals surface area (Å²) in [5.41, 5.74) is 0. The van der Waals surface area contributed by atoms with E-state index in [9.17, 15) is 11.7 Å². The van der Waals surface area contributed by atoms with Crippen LogP contribution in [0.2, 0.25) is 0 Å². The van der Waals surface area contributed by atoms with Crippen molar-refractivity contribution in [1.29, 1.82) is 0 Å². The molecule has 56 valence electrons. The fraction of sp³-hybridized carbons (Fsp3) is 1.00. The van der Waals surface area contributed by atoms with E-state index in [0.717, 1.165) is 0 Å². The van der Waals surface area contributed by atoms with Crippen LogP contribution in [0.25, 0.3) is 0 Å². The van der Waals surface area contributed by atoms with Gasteiger partial charge in [0.15, 0.2) is 0 Å². The van der Waals surface area contributed by atoms with Crippen LogP contribution in [0.3, 0.4) is 0 Å². The molecule has 1 N–H and O–H groups in total. The molecule has 0 aromatic heterocycles. The van der Waals surface area contributed by atoms with Gasteiger partial charge in [-0.1, -0.05) is 0 Å². The highest BCUT2D eigenvalue weighted by Crippen LogP contribution is 2.48. The summed E-state index contributed by atoms with van der Waals surface area (Å²) in [6.07, 6.45) is 0. The highest BCUT2D eigenvalue weighted by Gasteiger charge is 2.35. The summed E-state index contributed by atoms with van der Waals surface area (Å²) >= 11 is -1.67. The first-order valence-corrected chi connectivity index (χ1v) is 3.90. The number of aliphatic hydroxyl groups excluding tert-OH is 1. The van der Waals surface area contributed by atoms with Crippen LogP contribution in [-0.4, -0.2) is 15.1 Å². The molecule has 0 unspecified atom stereocenters. The summed E-state index contributed by atoms with van der Waals surface area (Å²) in [6.45, 7) is -0.892. The van der Waals surface area contributed by atoms with Crippen molar-refractivity contribution < 1.29 is 16.8 Å². The third-order valence-corrected chi connectivity index (χ3v) is 2.77. The van der Waals surface area contributed by atoms with Crippen LogP contribution < -0.4 is 0 Å². The molecular weight excluding hydrogens is 193 g/mol. The molecule has 0 rings (SSSR count). The van der Waals surface area contributed by atoms with Gasteiger partial charge < -0.3 is 5.11 Å². The van der Waals surface area contributed by atoms with Crippen LogP contribution >= 0.6 is 36.4 Å². The minimum absolute atomic E-state index is 0.557. The molecule has 0 bridgehead atoms. The molecule has 7 heteroatoms. The van der Waals surface area contributed by atoms with Gasteiger partial charge in [-0.2, -0.15) is 11.7 Å². The molecule has 0 aliphatic heterocycles. The predicted octanol–water partition coefficient (Wildman–Crippen LogP) is 2.49. The van der Waals surface area contributed by atoms with E-state index >= 15 is 0 Å². The van der Waals surface area contributed by atoms with Crippen molar-refractivity contribution in [2.75, 3.05) is 6.61 Å². The topological polar surface area (TPSA) is 20.2 Å². The monoisotopic (exact) mass is 196 g/mol. The molecule has 0 heterocycles. The molecule has 0 saturated carbocycles. The molecular formula is C2H3F3OS3. The number of aliphatic hydroxyl groups is 1. The van der Waals surface area contributed by atoms with E-state index in [1.165, 1.54) is 0 Å². The summed E-state index contributed by atoms with van der Waals surface area (Å²) in [5, 5.41) is 8.19. The van der Waals surface area contributed by atoms with Gasteiger partial charge in [-0.3, -0.25) is 0 Å². The molecule has 0 radical (unpaired) electrons. The molecule has 0 saturated heterocycles. The summed E-state index contributed by atoms with van der Waals surface area (Å²) in [7, 11) is 0. The van der Waals surface area contributed by atoms with Crippen molar-refractivity contribution >= 4 is 36.4 Å². The molecule has 0 aliphatic carbocycles. The SMILES string of the molecule is OCC(SF)(SF)SF. The first kappa shape index (κ1) is 9.80. The lowest BCUT2D eigenvalue weighted by Gasteiger charge is -2.14. The minimum Gasteiger partial charge on any atom is -0.393 e. The lowest BCUT2D eigenvalue weighted by atomic mass is 10.8. The maximum atomic E-state index is 11.5. The highest BCUT2D eigenvalue weighted by atomic mass is 32.3. The number of rotatable bonds is 4. The first-order valence-electron chi connectivity index (χ1n) is 1.75. The Kier molecular flexibility index (Phi) is 5.00. The predicted molar refractivity (Wildman–Crippen MR) is 35.9 cm³/mol. The fourth-order valence-corrected chi connectivity index (χ4v) is 0.541. The van der Waals surface area contributed by atoms with Crippen LogP contribution in [0.4, 0.5) is 11.7 Å². The summed E-state index contributed by atoms with van der Waals surface area (Å²) in [5.74, 6) is 0. The summed E-state index contributed by atoms with van der Waals surface area (Å²) in [6, 6.07) is 0. The minimum atomic E-state index is -2.03. The van der Waals surface area contributed by atoms with Gasteiger partial charge in [0.25, 0.3) is 0 Å². The van der Waals surface area contributed by atoms with Crippen LogP contribution in [0.1, 0.15) is 0 Å². The quantitative estimate of drug-likeness (QED) is 0.697. The van der Waals surface area contributed by atoms with Gasteiger partial charge in [0, 0.05) is 0 Å². The maximum absolute atomic E-state index is 11.5. The van der Waals surface area contributed by atoms with Crippen molar-refractivity contribution in [2.45, 2.75) is 3.41 Å². The van der Waals surface area contributed by atoms with Gasteiger partial charge in [0.2, 0.25) is 3.41 Å². The molecule has 0 fully saturated rings. The normalized spacial score (nSPS) is 12.0. The Labute approximate surface area is 63.7 Å². The number of hydrogen-bond donors (Lipinski definition) is 1. The molecule has 9 heavy (non-hydrogen) atoms. The maximum Gasteiger partial charge on any atom is 0.222 e.